The van der Waals surface area contributed by atoms with Crippen LogP contribution in [0.1, 0.15) is 78.1 Å². The standard InChI is InChI=1S/C33H40O10/c1-17-23(37)15-22-26(40-18(2)34)28-32(7,29(42-20(4)36)27(41-19(3)35)25(17)31(22,5)6)14-13-24(33(28)16-39-33)43-30(38)21-11-9-8-10-12-21/h8-12,22,24,26-29H,13-16H2,1-7H3/t22-,24-,26+,27+,28-,29-,32+,33-/m0/s1. The van der Waals surface area contributed by atoms with E-state index in [2.05, 4.69) is 0 Å². The van der Waals surface area contributed by atoms with E-state index in [1.54, 1.807) is 37.3 Å². The summed E-state index contributed by atoms with van der Waals surface area (Å²) in [4.78, 5) is 64.9. The SMILES string of the molecule is CC(=O)O[C@@H]1[C@@H]2CC(=O)C(C)=C([C@@H](OC(C)=O)[C@H](OC(C)=O)[C@]3(C)CC[C@H](OC(=O)c4ccccc4)[C@@]4(CO4)[C@@H]13)C2(C)C. The zero-order chi connectivity index (χ0) is 31.5. The van der Waals surface area contributed by atoms with E-state index in [9.17, 15) is 24.0 Å². The van der Waals surface area contributed by atoms with Crippen LogP contribution in [0.5, 0.6) is 0 Å². The van der Waals surface area contributed by atoms with Gasteiger partial charge in [-0.15, -0.1) is 0 Å². The third-order valence-electron chi connectivity index (χ3n) is 10.1. The van der Waals surface area contributed by atoms with Crippen molar-refractivity contribution in [3.8, 4) is 0 Å². The van der Waals surface area contributed by atoms with E-state index in [0.717, 1.165) is 0 Å². The highest BCUT2D eigenvalue weighted by atomic mass is 16.6. The smallest absolute Gasteiger partial charge is 0.338 e. The predicted octanol–water partition coefficient (Wildman–Crippen LogP) is 4.14. The average Bonchev–Trinajstić information content (AvgIpc) is 3.70. The van der Waals surface area contributed by atoms with Crippen molar-refractivity contribution in [2.24, 2.45) is 22.7 Å². The molecular formula is C33H40O10. The lowest BCUT2D eigenvalue weighted by Gasteiger charge is -2.60. The number of hydrogen-bond acceptors (Lipinski definition) is 10. The Kier molecular flexibility index (Phi) is 7.82. The van der Waals surface area contributed by atoms with Gasteiger partial charge in [0.1, 0.15) is 23.9 Å². The van der Waals surface area contributed by atoms with Gasteiger partial charge < -0.3 is 23.7 Å². The fraction of sp³-hybridized carbons (Fsp3) is 0.606. The normalized spacial score (nSPS) is 36.0. The number of Topliss-reactive ketones (excluding diaryl/α,β-unsaturated/α-hetero) is 1. The van der Waals surface area contributed by atoms with Gasteiger partial charge in [-0.25, -0.2) is 4.79 Å². The molecule has 232 valence electrons. The van der Waals surface area contributed by atoms with Crippen LogP contribution in [-0.4, -0.2) is 66.3 Å². The minimum atomic E-state index is -1.09. The number of fused-ring (bicyclic) bond motifs is 4. The molecule has 0 aromatic heterocycles. The Bertz CT molecular complexity index is 1370. The van der Waals surface area contributed by atoms with Gasteiger partial charge in [0.05, 0.1) is 12.2 Å². The highest BCUT2D eigenvalue weighted by Crippen LogP contribution is 2.65. The fourth-order valence-electron chi connectivity index (χ4n) is 8.25. The van der Waals surface area contributed by atoms with Gasteiger partial charge in [-0.1, -0.05) is 39.0 Å². The Morgan fingerprint density at radius 1 is 0.884 bits per heavy atom. The predicted molar refractivity (Wildman–Crippen MR) is 151 cm³/mol. The van der Waals surface area contributed by atoms with Gasteiger partial charge >= 0.3 is 23.9 Å². The van der Waals surface area contributed by atoms with Gasteiger partial charge in [-0.3, -0.25) is 19.2 Å². The van der Waals surface area contributed by atoms with Crippen molar-refractivity contribution >= 4 is 29.7 Å². The van der Waals surface area contributed by atoms with Crippen LogP contribution in [0.2, 0.25) is 0 Å². The van der Waals surface area contributed by atoms with E-state index >= 15 is 0 Å². The molecule has 3 fully saturated rings. The largest absolute Gasteiger partial charge is 0.462 e. The lowest BCUT2D eigenvalue weighted by atomic mass is 9.48. The van der Waals surface area contributed by atoms with Crippen LogP contribution in [0.25, 0.3) is 0 Å². The van der Waals surface area contributed by atoms with Crippen molar-refractivity contribution < 1.29 is 47.7 Å². The van der Waals surface area contributed by atoms with Crippen molar-refractivity contribution in [3.63, 3.8) is 0 Å². The second kappa shape index (κ2) is 10.9. The second-order valence-corrected chi connectivity index (χ2v) is 13.2. The molecule has 10 heteroatoms. The zero-order valence-corrected chi connectivity index (χ0v) is 25.8. The van der Waals surface area contributed by atoms with E-state index < -0.39 is 76.6 Å². The Balaban J connectivity index is 1.72. The molecule has 0 amide bonds. The van der Waals surface area contributed by atoms with Crippen LogP contribution < -0.4 is 0 Å². The molecular weight excluding hydrogens is 556 g/mol. The first kappa shape index (κ1) is 30.9. The van der Waals surface area contributed by atoms with E-state index in [-0.39, 0.29) is 18.8 Å². The third-order valence-corrected chi connectivity index (χ3v) is 10.1. The number of epoxide rings is 1. The van der Waals surface area contributed by atoms with Gasteiger partial charge in [0.25, 0.3) is 0 Å². The van der Waals surface area contributed by atoms with Crippen molar-refractivity contribution in [1.29, 1.82) is 0 Å². The number of carbonyl (C=O) groups excluding carboxylic acids is 5. The molecule has 1 spiro atoms. The molecule has 8 atom stereocenters. The molecule has 1 heterocycles. The minimum absolute atomic E-state index is 0.0857. The Morgan fingerprint density at radius 3 is 2.05 bits per heavy atom. The molecule has 1 saturated heterocycles. The number of rotatable bonds is 5. The monoisotopic (exact) mass is 596 g/mol. The Hall–Kier alpha value is -3.53. The third kappa shape index (κ3) is 5.17. The number of allylic oxidation sites excluding steroid dienone is 1. The lowest BCUT2D eigenvalue weighted by molar-refractivity contribution is -0.223. The summed E-state index contributed by atoms with van der Waals surface area (Å²) in [5.41, 5.74) is -1.53. The van der Waals surface area contributed by atoms with E-state index in [1.807, 2.05) is 20.8 Å². The number of benzene rings is 1. The summed E-state index contributed by atoms with van der Waals surface area (Å²) in [7, 11) is 0. The summed E-state index contributed by atoms with van der Waals surface area (Å²) < 4.78 is 30.6. The molecule has 1 aromatic carbocycles. The molecule has 5 rings (SSSR count). The maximum absolute atomic E-state index is 13.6. The van der Waals surface area contributed by atoms with Gasteiger partial charge in [0, 0.05) is 44.4 Å². The molecule has 2 bridgehead atoms. The average molecular weight is 597 g/mol. The van der Waals surface area contributed by atoms with E-state index in [4.69, 9.17) is 23.7 Å². The maximum Gasteiger partial charge on any atom is 0.338 e. The second-order valence-electron chi connectivity index (χ2n) is 13.2. The summed E-state index contributed by atoms with van der Waals surface area (Å²) in [6, 6.07) is 8.63. The molecule has 1 aromatic rings. The number of ketones is 1. The maximum atomic E-state index is 13.6. The van der Waals surface area contributed by atoms with Crippen LogP contribution >= 0.6 is 0 Å². The molecule has 3 aliphatic carbocycles. The molecule has 2 saturated carbocycles. The quantitative estimate of drug-likeness (QED) is 0.277. The first-order chi connectivity index (χ1) is 20.1. The van der Waals surface area contributed by atoms with Crippen molar-refractivity contribution in [2.75, 3.05) is 6.61 Å². The van der Waals surface area contributed by atoms with Crippen molar-refractivity contribution in [2.45, 2.75) is 97.7 Å². The number of hydrogen-bond donors (Lipinski definition) is 0. The fourth-order valence-corrected chi connectivity index (χ4v) is 8.25. The highest BCUT2D eigenvalue weighted by Gasteiger charge is 2.74. The van der Waals surface area contributed by atoms with Crippen LogP contribution in [0.4, 0.5) is 0 Å². The van der Waals surface area contributed by atoms with Crippen molar-refractivity contribution in [1.82, 2.24) is 0 Å². The molecule has 10 nitrogen and oxygen atoms in total. The zero-order valence-electron chi connectivity index (χ0n) is 25.8. The number of ether oxygens (including phenoxy) is 5. The summed E-state index contributed by atoms with van der Waals surface area (Å²) in [5, 5.41) is 0. The van der Waals surface area contributed by atoms with Crippen molar-refractivity contribution in [3.05, 3.63) is 47.0 Å². The van der Waals surface area contributed by atoms with Crippen LogP contribution in [0.15, 0.2) is 41.5 Å². The van der Waals surface area contributed by atoms with Gasteiger partial charge in [0.2, 0.25) is 0 Å². The molecule has 0 N–H and O–H groups in total. The van der Waals surface area contributed by atoms with E-state index in [1.165, 1.54) is 20.8 Å². The summed E-state index contributed by atoms with van der Waals surface area (Å²) in [6.07, 6.45) is -2.91. The number of esters is 4. The Labute approximate surface area is 251 Å². The molecule has 43 heavy (non-hydrogen) atoms. The molecule has 0 unspecified atom stereocenters. The Morgan fingerprint density at radius 2 is 1.49 bits per heavy atom. The minimum Gasteiger partial charge on any atom is -0.462 e. The summed E-state index contributed by atoms with van der Waals surface area (Å²) in [6.45, 7) is 11.6. The van der Waals surface area contributed by atoms with Gasteiger partial charge in [-0.05, 0) is 48.5 Å². The number of carbonyl (C=O) groups is 5. The summed E-state index contributed by atoms with van der Waals surface area (Å²) in [5.74, 6) is -3.63. The lowest BCUT2D eigenvalue weighted by Crippen LogP contribution is -2.68. The highest BCUT2D eigenvalue weighted by molar-refractivity contribution is 5.97. The molecule has 4 aliphatic rings. The first-order valence-corrected chi connectivity index (χ1v) is 14.8. The molecule has 0 radical (unpaired) electrons. The summed E-state index contributed by atoms with van der Waals surface area (Å²) >= 11 is 0. The topological polar surface area (TPSA) is 135 Å². The van der Waals surface area contributed by atoms with Crippen LogP contribution in [0.3, 0.4) is 0 Å². The molecule has 1 aliphatic heterocycles. The van der Waals surface area contributed by atoms with Crippen LogP contribution in [0, 0.1) is 22.7 Å². The van der Waals surface area contributed by atoms with Gasteiger partial charge in [0.15, 0.2) is 11.9 Å². The van der Waals surface area contributed by atoms with Gasteiger partial charge in [-0.2, -0.15) is 0 Å². The van der Waals surface area contributed by atoms with Crippen LogP contribution in [-0.2, 0) is 42.9 Å². The first-order valence-electron chi connectivity index (χ1n) is 14.8. The van der Waals surface area contributed by atoms with E-state index in [0.29, 0.717) is 29.6 Å².